The lowest BCUT2D eigenvalue weighted by atomic mass is 10.1. The number of nitrogens with one attached hydrogen (secondary N) is 2. The predicted octanol–water partition coefficient (Wildman–Crippen LogP) is 2.75. The minimum atomic E-state index is -0.0937. The summed E-state index contributed by atoms with van der Waals surface area (Å²) in [6.45, 7) is 3.47. The van der Waals surface area contributed by atoms with Crippen LogP contribution in [0.1, 0.15) is 41.6 Å². The molecule has 0 saturated heterocycles. The standard InChI is InChI=1S/C20H24N4O2/c1-14-2-3-16(10-17(14)23-19(26)15-4-5-15)18(25)22-11-20(6-7-20)12-24-9-8-21-13-24/h2-3,8-10,13,15H,4-7,11-12H2,1H3,(H,22,25)(H,23,26). The van der Waals surface area contributed by atoms with Gasteiger partial charge in [-0.2, -0.15) is 0 Å². The number of nitrogens with zero attached hydrogens (tertiary/aromatic N) is 2. The fourth-order valence-corrected chi connectivity index (χ4v) is 3.18. The van der Waals surface area contributed by atoms with Crippen LogP contribution in [0.2, 0.25) is 0 Å². The van der Waals surface area contributed by atoms with E-state index in [2.05, 4.69) is 20.2 Å². The van der Waals surface area contributed by atoms with Crippen LogP contribution in [0.25, 0.3) is 0 Å². The topological polar surface area (TPSA) is 76.0 Å². The van der Waals surface area contributed by atoms with Crippen LogP contribution < -0.4 is 10.6 Å². The van der Waals surface area contributed by atoms with E-state index in [1.54, 1.807) is 12.3 Å². The molecule has 0 unspecified atom stereocenters. The van der Waals surface area contributed by atoms with Crippen LogP contribution in [0, 0.1) is 18.3 Å². The summed E-state index contributed by atoms with van der Waals surface area (Å²) in [4.78, 5) is 28.7. The number of aromatic nitrogens is 2. The highest BCUT2D eigenvalue weighted by Gasteiger charge is 2.43. The molecule has 2 amide bonds. The van der Waals surface area contributed by atoms with E-state index < -0.39 is 0 Å². The zero-order valence-corrected chi connectivity index (χ0v) is 15.0. The number of carbonyl (C=O) groups is 2. The SMILES string of the molecule is Cc1ccc(C(=O)NCC2(Cn3ccnc3)CC2)cc1NC(=O)C1CC1. The molecule has 1 aromatic heterocycles. The normalized spacial score (nSPS) is 17.6. The number of rotatable bonds is 7. The molecule has 0 radical (unpaired) electrons. The van der Waals surface area contributed by atoms with Gasteiger partial charge in [0.25, 0.3) is 5.91 Å². The number of amides is 2. The summed E-state index contributed by atoms with van der Waals surface area (Å²) in [6, 6.07) is 5.48. The van der Waals surface area contributed by atoms with E-state index in [9.17, 15) is 9.59 Å². The van der Waals surface area contributed by atoms with Gasteiger partial charge in [-0.3, -0.25) is 9.59 Å². The fraction of sp³-hybridized carbons (Fsp3) is 0.450. The Balaban J connectivity index is 1.37. The van der Waals surface area contributed by atoms with Gasteiger partial charge in [0.1, 0.15) is 0 Å². The third-order valence-corrected chi connectivity index (χ3v) is 5.36. The fourth-order valence-electron chi connectivity index (χ4n) is 3.18. The molecule has 1 aromatic carbocycles. The number of hydrogen-bond acceptors (Lipinski definition) is 3. The second-order valence-corrected chi connectivity index (χ2v) is 7.71. The molecule has 0 bridgehead atoms. The van der Waals surface area contributed by atoms with Crippen molar-refractivity contribution in [1.29, 1.82) is 0 Å². The van der Waals surface area contributed by atoms with Crippen molar-refractivity contribution in [3.63, 3.8) is 0 Å². The highest BCUT2D eigenvalue weighted by Crippen LogP contribution is 2.46. The Kier molecular flexibility index (Phi) is 4.26. The van der Waals surface area contributed by atoms with E-state index in [1.807, 2.05) is 31.6 Å². The number of anilines is 1. The zero-order valence-electron chi connectivity index (χ0n) is 15.0. The van der Waals surface area contributed by atoms with Crippen LogP contribution in [-0.4, -0.2) is 27.9 Å². The highest BCUT2D eigenvalue weighted by molar-refractivity contribution is 5.98. The van der Waals surface area contributed by atoms with Gasteiger partial charge < -0.3 is 15.2 Å². The van der Waals surface area contributed by atoms with Gasteiger partial charge in [0, 0.05) is 48.1 Å². The summed E-state index contributed by atoms with van der Waals surface area (Å²) in [6.07, 6.45) is 9.70. The molecular formula is C20H24N4O2. The molecule has 2 aromatic rings. The number of imidazole rings is 1. The monoisotopic (exact) mass is 352 g/mol. The van der Waals surface area contributed by atoms with Crippen molar-refractivity contribution < 1.29 is 9.59 Å². The van der Waals surface area contributed by atoms with Crippen molar-refractivity contribution in [2.75, 3.05) is 11.9 Å². The molecule has 0 atom stereocenters. The van der Waals surface area contributed by atoms with E-state index in [0.29, 0.717) is 12.1 Å². The summed E-state index contributed by atoms with van der Waals surface area (Å²) < 4.78 is 2.07. The molecular weight excluding hydrogens is 328 g/mol. The third-order valence-electron chi connectivity index (χ3n) is 5.36. The maximum atomic E-state index is 12.6. The minimum absolute atomic E-state index is 0.0583. The largest absolute Gasteiger partial charge is 0.351 e. The van der Waals surface area contributed by atoms with Gasteiger partial charge in [0.05, 0.1) is 6.33 Å². The van der Waals surface area contributed by atoms with Gasteiger partial charge in [-0.15, -0.1) is 0 Å². The second kappa shape index (κ2) is 6.59. The minimum Gasteiger partial charge on any atom is -0.351 e. The first-order chi connectivity index (χ1) is 12.5. The Morgan fingerprint density at radius 2 is 2.12 bits per heavy atom. The summed E-state index contributed by atoms with van der Waals surface area (Å²) in [5.41, 5.74) is 2.42. The van der Waals surface area contributed by atoms with Crippen molar-refractivity contribution in [3.8, 4) is 0 Å². The Morgan fingerprint density at radius 1 is 1.31 bits per heavy atom. The van der Waals surface area contributed by atoms with Crippen LogP contribution in [0.5, 0.6) is 0 Å². The van der Waals surface area contributed by atoms with E-state index in [4.69, 9.17) is 0 Å². The van der Waals surface area contributed by atoms with Gasteiger partial charge in [0.15, 0.2) is 0 Å². The number of benzene rings is 1. The summed E-state index contributed by atoms with van der Waals surface area (Å²) in [5, 5.41) is 6.02. The first-order valence-corrected chi connectivity index (χ1v) is 9.20. The van der Waals surface area contributed by atoms with Gasteiger partial charge in [-0.1, -0.05) is 6.07 Å². The Bertz CT molecular complexity index is 820. The van der Waals surface area contributed by atoms with Crippen LogP contribution in [0.15, 0.2) is 36.9 Å². The van der Waals surface area contributed by atoms with E-state index in [0.717, 1.165) is 43.5 Å². The maximum absolute atomic E-state index is 12.6. The summed E-state index contributed by atoms with van der Waals surface area (Å²) in [5.74, 6) is 0.108. The molecule has 2 saturated carbocycles. The molecule has 2 N–H and O–H groups in total. The maximum Gasteiger partial charge on any atom is 0.251 e. The first-order valence-electron chi connectivity index (χ1n) is 9.20. The first kappa shape index (κ1) is 16.8. The average Bonchev–Trinajstić information content (AvgIpc) is 3.55. The molecule has 136 valence electrons. The summed E-state index contributed by atoms with van der Waals surface area (Å²) >= 11 is 0. The van der Waals surface area contributed by atoms with Crippen LogP contribution >= 0.6 is 0 Å². The van der Waals surface area contributed by atoms with E-state index in [-0.39, 0.29) is 23.1 Å². The van der Waals surface area contributed by atoms with Crippen molar-refractivity contribution in [1.82, 2.24) is 14.9 Å². The van der Waals surface area contributed by atoms with E-state index in [1.165, 1.54) is 0 Å². The van der Waals surface area contributed by atoms with Crippen LogP contribution in [0.3, 0.4) is 0 Å². The molecule has 2 aliphatic carbocycles. The molecule has 0 aliphatic heterocycles. The lowest BCUT2D eigenvalue weighted by molar-refractivity contribution is -0.117. The average molecular weight is 352 g/mol. The van der Waals surface area contributed by atoms with Crippen molar-refractivity contribution in [2.45, 2.75) is 39.2 Å². The molecule has 6 heteroatoms. The van der Waals surface area contributed by atoms with Crippen molar-refractivity contribution in [3.05, 3.63) is 48.0 Å². The van der Waals surface area contributed by atoms with Gasteiger partial charge in [0.2, 0.25) is 5.91 Å². The summed E-state index contributed by atoms with van der Waals surface area (Å²) in [7, 11) is 0. The zero-order chi connectivity index (χ0) is 18.1. The Labute approximate surface area is 153 Å². The predicted molar refractivity (Wildman–Crippen MR) is 98.8 cm³/mol. The smallest absolute Gasteiger partial charge is 0.251 e. The molecule has 2 aliphatic rings. The molecule has 1 heterocycles. The Hall–Kier alpha value is -2.63. The molecule has 0 spiro atoms. The number of hydrogen-bond donors (Lipinski definition) is 2. The third kappa shape index (κ3) is 3.79. The lowest BCUT2D eigenvalue weighted by Crippen LogP contribution is -2.32. The lowest BCUT2D eigenvalue weighted by Gasteiger charge is -2.17. The Morgan fingerprint density at radius 3 is 2.77 bits per heavy atom. The molecule has 4 rings (SSSR count). The van der Waals surface area contributed by atoms with Crippen molar-refractivity contribution in [2.24, 2.45) is 11.3 Å². The van der Waals surface area contributed by atoms with Crippen LogP contribution in [-0.2, 0) is 11.3 Å². The van der Waals surface area contributed by atoms with E-state index >= 15 is 0 Å². The molecule has 26 heavy (non-hydrogen) atoms. The quantitative estimate of drug-likeness (QED) is 0.804. The number of aryl methyl sites for hydroxylation is 1. The van der Waals surface area contributed by atoms with Gasteiger partial charge in [-0.25, -0.2) is 4.98 Å². The van der Waals surface area contributed by atoms with Gasteiger partial charge >= 0.3 is 0 Å². The van der Waals surface area contributed by atoms with Crippen molar-refractivity contribution >= 4 is 17.5 Å². The second-order valence-electron chi connectivity index (χ2n) is 7.71. The number of carbonyl (C=O) groups excluding carboxylic acids is 2. The highest BCUT2D eigenvalue weighted by atomic mass is 16.2. The molecule has 6 nitrogen and oxygen atoms in total. The van der Waals surface area contributed by atoms with Crippen LogP contribution in [0.4, 0.5) is 5.69 Å². The van der Waals surface area contributed by atoms with Gasteiger partial charge in [-0.05, 0) is 50.3 Å². The molecule has 2 fully saturated rings.